The highest BCUT2D eigenvalue weighted by molar-refractivity contribution is 6.21. The molecule has 1 amide bonds. The fraction of sp³-hybridized carbons (Fsp3) is 0.615. The fourth-order valence-corrected chi connectivity index (χ4v) is 2.51. The predicted octanol–water partition coefficient (Wildman–Crippen LogP) is 2.99. The van der Waals surface area contributed by atoms with E-state index in [1.807, 2.05) is 18.7 Å². The molecule has 1 aromatic heterocycles. The summed E-state index contributed by atoms with van der Waals surface area (Å²) in [5.41, 5.74) is 0.668. The zero-order chi connectivity index (χ0) is 12.6. The summed E-state index contributed by atoms with van der Waals surface area (Å²) in [4.78, 5) is 14.1. The minimum atomic E-state index is 0.0388. The Balaban J connectivity index is 2.13. The van der Waals surface area contributed by atoms with Gasteiger partial charge in [0.25, 0.3) is 5.91 Å². The number of furan rings is 1. The second-order valence-corrected chi connectivity index (χ2v) is 5.42. The van der Waals surface area contributed by atoms with Crippen molar-refractivity contribution in [2.45, 2.75) is 32.6 Å². The summed E-state index contributed by atoms with van der Waals surface area (Å²) in [6, 6.07) is 1.80. The molecule has 0 radical (unpaired) electrons. The number of halogens is 1. The number of amides is 1. The lowest BCUT2D eigenvalue weighted by Gasteiger charge is -2.33. The Morgan fingerprint density at radius 2 is 2.24 bits per heavy atom. The van der Waals surface area contributed by atoms with Gasteiger partial charge in [0.1, 0.15) is 11.5 Å². The van der Waals surface area contributed by atoms with E-state index in [4.69, 9.17) is 16.0 Å². The SMILES string of the molecule is Cc1cc(C(=O)N2CCC(C)C(Cl)C2)c(C)o1. The summed E-state index contributed by atoms with van der Waals surface area (Å²) < 4.78 is 5.39. The minimum absolute atomic E-state index is 0.0388. The molecule has 2 unspecified atom stereocenters. The third-order valence-electron chi connectivity index (χ3n) is 3.43. The first-order valence-corrected chi connectivity index (χ1v) is 6.43. The molecule has 0 spiro atoms. The number of carbonyl (C=O) groups is 1. The van der Waals surface area contributed by atoms with Gasteiger partial charge in [-0.15, -0.1) is 11.6 Å². The highest BCUT2D eigenvalue weighted by Gasteiger charge is 2.29. The van der Waals surface area contributed by atoms with Gasteiger partial charge in [0.05, 0.1) is 10.9 Å². The normalized spacial score (nSPS) is 25.1. The van der Waals surface area contributed by atoms with Crippen molar-refractivity contribution in [3.05, 3.63) is 23.2 Å². The van der Waals surface area contributed by atoms with E-state index in [1.54, 1.807) is 6.07 Å². The molecule has 1 aliphatic rings. The predicted molar refractivity (Wildman–Crippen MR) is 67.5 cm³/mol. The van der Waals surface area contributed by atoms with E-state index in [-0.39, 0.29) is 11.3 Å². The van der Waals surface area contributed by atoms with Crippen LogP contribution in [-0.4, -0.2) is 29.3 Å². The van der Waals surface area contributed by atoms with E-state index in [0.717, 1.165) is 18.7 Å². The van der Waals surface area contributed by atoms with Gasteiger partial charge in [0.2, 0.25) is 0 Å². The highest BCUT2D eigenvalue weighted by atomic mass is 35.5. The number of hydrogen-bond donors (Lipinski definition) is 0. The van der Waals surface area contributed by atoms with E-state index in [9.17, 15) is 4.79 Å². The van der Waals surface area contributed by atoms with Gasteiger partial charge >= 0.3 is 0 Å². The van der Waals surface area contributed by atoms with Crippen LogP contribution in [0, 0.1) is 19.8 Å². The van der Waals surface area contributed by atoms with E-state index in [2.05, 4.69) is 6.92 Å². The lowest BCUT2D eigenvalue weighted by Crippen LogP contribution is -2.43. The summed E-state index contributed by atoms with van der Waals surface area (Å²) in [7, 11) is 0. The van der Waals surface area contributed by atoms with E-state index < -0.39 is 0 Å². The number of likely N-dealkylation sites (tertiary alicyclic amines) is 1. The monoisotopic (exact) mass is 255 g/mol. The molecule has 0 bridgehead atoms. The number of hydrogen-bond acceptors (Lipinski definition) is 2. The zero-order valence-electron chi connectivity index (χ0n) is 10.5. The molecule has 17 heavy (non-hydrogen) atoms. The Kier molecular flexibility index (Phi) is 3.48. The van der Waals surface area contributed by atoms with Gasteiger partial charge in [-0.1, -0.05) is 6.92 Å². The maximum absolute atomic E-state index is 12.3. The average Bonchev–Trinajstić information content (AvgIpc) is 2.61. The molecule has 4 heteroatoms. The quantitative estimate of drug-likeness (QED) is 0.723. The maximum Gasteiger partial charge on any atom is 0.257 e. The Labute approximate surface area is 107 Å². The summed E-state index contributed by atoms with van der Waals surface area (Å²) in [5, 5.41) is 0.0565. The second-order valence-electron chi connectivity index (χ2n) is 4.86. The molecule has 0 saturated carbocycles. The third kappa shape index (κ3) is 2.49. The van der Waals surface area contributed by atoms with Crippen LogP contribution in [0.5, 0.6) is 0 Å². The fourth-order valence-electron chi connectivity index (χ4n) is 2.22. The maximum atomic E-state index is 12.3. The third-order valence-corrected chi connectivity index (χ3v) is 3.99. The van der Waals surface area contributed by atoms with Crippen LogP contribution in [0.4, 0.5) is 0 Å². The Bertz CT molecular complexity index is 427. The van der Waals surface area contributed by atoms with Crippen molar-refractivity contribution in [1.82, 2.24) is 4.90 Å². The minimum Gasteiger partial charge on any atom is -0.466 e. The first kappa shape index (κ1) is 12.5. The Hall–Kier alpha value is -0.960. The van der Waals surface area contributed by atoms with Gasteiger partial charge in [-0.2, -0.15) is 0 Å². The summed E-state index contributed by atoms with van der Waals surface area (Å²) >= 11 is 6.22. The lowest BCUT2D eigenvalue weighted by molar-refractivity contribution is 0.0699. The van der Waals surface area contributed by atoms with Crippen molar-refractivity contribution in [2.75, 3.05) is 13.1 Å². The molecule has 1 saturated heterocycles. The van der Waals surface area contributed by atoms with Crippen LogP contribution in [0.25, 0.3) is 0 Å². The average molecular weight is 256 g/mol. The standard InChI is InChI=1S/C13H18ClNO2/c1-8-4-5-15(7-12(8)14)13(16)11-6-9(2)17-10(11)3/h6,8,12H,4-5,7H2,1-3H3. The molecule has 2 rings (SSSR count). The van der Waals surface area contributed by atoms with Crippen LogP contribution >= 0.6 is 11.6 Å². The number of carbonyl (C=O) groups excluding carboxylic acids is 1. The summed E-state index contributed by atoms with van der Waals surface area (Å²) in [6.07, 6.45) is 0.968. The molecule has 0 N–H and O–H groups in total. The van der Waals surface area contributed by atoms with Crippen molar-refractivity contribution < 1.29 is 9.21 Å². The zero-order valence-corrected chi connectivity index (χ0v) is 11.3. The van der Waals surface area contributed by atoms with Crippen molar-refractivity contribution >= 4 is 17.5 Å². The summed E-state index contributed by atoms with van der Waals surface area (Å²) in [6.45, 7) is 7.22. The number of rotatable bonds is 1. The van der Waals surface area contributed by atoms with E-state index >= 15 is 0 Å². The van der Waals surface area contributed by atoms with Crippen molar-refractivity contribution in [1.29, 1.82) is 0 Å². The smallest absolute Gasteiger partial charge is 0.257 e. The lowest BCUT2D eigenvalue weighted by atomic mass is 9.98. The molecule has 1 fully saturated rings. The molecular formula is C13H18ClNO2. The van der Waals surface area contributed by atoms with Gasteiger partial charge in [-0.25, -0.2) is 0 Å². The highest BCUT2D eigenvalue weighted by Crippen LogP contribution is 2.24. The Morgan fingerprint density at radius 3 is 2.76 bits per heavy atom. The second kappa shape index (κ2) is 4.73. The van der Waals surface area contributed by atoms with Crippen LogP contribution in [0.2, 0.25) is 0 Å². The molecule has 0 aliphatic carbocycles. The van der Waals surface area contributed by atoms with Crippen LogP contribution < -0.4 is 0 Å². The molecule has 1 aromatic rings. The summed E-state index contributed by atoms with van der Waals surface area (Å²) in [5.74, 6) is 1.99. The number of piperidine rings is 1. The molecular weight excluding hydrogens is 238 g/mol. The molecule has 0 aromatic carbocycles. The first-order chi connectivity index (χ1) is 7.99. The molecule has 2 heterocycles. The van der Waals surface area contributed by atoms with Gasteiger partial charge in [-0.3, -0.25) is 4.79 Å². The first-order valence-electron chi connectivity index (χ1n) is 5.99. The van der Waals surface area contributed by atoms with E-state index in [1.165, 1.54) is 0 Å². The van der Waals surface area contributed by atoms with E-state index in [0.29, 0.717) is 23.8 Å². The van der Waals surface area contributed by atoms with Crippen molar-refractivity contribution in [3.8, 4) is 0 Å². The van der Waals surface area contributed by atoms with Crippen molar-refractivity contribution in [2.24, 2.45) is 5.92 Å². The van der Waals surface area contributed by atoms with Gasteiger partial charge in [0, 0.05) is 13.1 Å². The van der Waals surface area contributed by atoms with Crippen LogP contribution in [0.1, 0.15) is 35.2 Å². The Morgan fingerprint density at radius 1 is 1.53 bits per heavy atom. The van der Waals surface area contributed by atoms with Crippen molar-refractivity contribution in [3.63, 3.8) is 0 Å². The molecule has 3 nitrogen and oxygen atoms in total. The topological polar surface area (TPSA) is 33.5 Å². The molecule has 2 atom stereocenters. The van der Waals surface area contributed by atoms with Crippen LogP contribution in [-0.2, 0) is 0 Å². The number of alkyl halides is 1. The van der Waals surface area contributed by atoms with Gasteiger partial charge in [0.15, 0.2) is 0 Å². The van der Waals surface area contributed by atoms with Crippen LogP contribution in [0.3, 0.4) is 0 Å². The van der Waals surface area contributed by atoms with Gasteiger partial charge in [-0.05, 0) is 32.3 Å². The molecule has 94 valence electrons. The van der Waals surface area contributed by atoms with Crippen LogP contribution in [0.15, 0.2) is 10.5 Å². The number of aryl methyl sites for hydroxylation is 2. The van der Waals surface area contributed by atoms with Gasteiger partial charge < -0.3 is 9.32 Å². The largest absolute Gasteiger partial charge is 0.466 e. The number of nitrogens with zero attached hydrogens (tertiary/aromatic N) is 1. The molecule has 1 aliphatic heterocycles.